The minimum absolute atomic E-state index is 0.328. The van der Waals surface area contributed by atoms with E-state index in [0.29, 0.717) is 19.3 Å². The fourth-order valence-corrected chi connectivity index (χ4v) is 5.26. The molecule has 2 heterocycles. The fourth-order valence-electron chi connectivity index (χ4n) is 5.26. The maximum absolute atomic E-state index is 13.4. The number of hydrogen-bond acceptors (Lipinski definition) is 7. The van der Waals surface area contributed by atoms with Gasteiger partial charge in [0.2, 0.25) is 5.91 Å². The molecule has 0 spiro atoms. The average Bonchev–Trinajstić information content (AvgIpc) is 3.41. The summed E-state index contributed by atoms with van der Waals surface area (Å²) in [5.41, 5.74) is 1.28. The highest BCUT2D eigenvalue weighted by Crippen LogP contribution is 2.29. The number of ether oxygens (including phenoxy) is 2. The Morgan fingerprint density at radius 2 is 1.80 bits per heavy atom. The molecule has 1 aliphatic carbocycles. The van der Waals surface area contributed by atoms with Crippen LogP contribution in [0.3, 0.4) is 0 Å². The van der Waals surface area contributed by atoms with Gasteiger partial charge < -0.3 is 20.1 Å². The second kappa shape index (κ2) is 13.3. The van der Waals surface area contributed by atoms with Crippen molar-refractivity contribution < 1.29 is 19.1 Å². The van der Waals surface area contributed by atoms with Gasteiger partial charge >= 0.3 is 6.09 Å². The molecule has 2 amide bonds. The average molecular weight is 551 g/mol. The molecule has 1 unspecified atom stereocenters. The number of morpholine rings is 1. The minimum Gasteiger partial charge on any atom is -0.444 e. The molecule has 1 aromatic carbocycles. The van der Waals surface area contributed by atoms with Gasteiger partial charge in [-0.1, -0.05) is 43.5 Å². The number of alkyl carbamates (subject to hydrolysis) is 1. The van der Waals surface area contributed by atoms with Gasteiger partial charge in [-0.05, 0) is 44.7 Å². The molecule has 1 aromatic heterocycles. The van der Waals surface area contributed by atoms with Crippen molar-refractivity contribution in [1.29, 1.82) is 5.26 Å². The maximum atomic E-state index is 13.4. The van der Waals surface area contributed by atoms with Crippen molar-refractivity contribution in [1.82, 2.24) is 25.3 Å². The van der Waals surface area contributed by atoms with Crippen molar-refractivity contribution in [3.8, 4) is 17.2 Å². The number of rotatable bonds is 9. The molecule has 10 heteroatoms. The number of benzene rings is 1. The number of amides is 2. The highest BCUT2D eigenvalue weighted by Gasteiger charge is 2.42. The van der Waals surface area contributed by atoms with Crippen molar-refractivity contribution in [3.05, 3.63) is 42.2 Å². The summed E-state index contributed by atoms with van der Waals surface area (Å²) in [6.07, 6.45) is 7.37. The zero-order valence-corrected chi connectivity index (χ0v) is 23.9. The topological polar surface area (TPSA) is 122 Å². The summed E-state index contributed by atoms with van der Waals surface area (Å²) in [6.45, 7) is 10.6. The van der Waals surface area contributed by atoms with Gasteiger partial charge in [-0.2, -0.15) is 10.4 Å². The normalized spacial score (nSPS) is 18.4. The molecule has 4 rings (SSSR count). The lowest BCUT2D eigenvalue weighted by molar-refractivity contribution is -0.129. The highest BCUT2D eigenvalue weighted by molar-refractivity contribution is 5.90. The SMILES string of the molecule is CC(C)(C)OC(=O)NC1(C(=O)NC(C#N)Cc2ccc(-c3cnn(CCN4CCOCC4)c3)cc2)CCCCC1. The zero-order valence-electron chi connectivity index (χ0n) is 23.9. The van der Waals surface area contributed by atoms with E-state index in [-0.39, 0.29) is 5.91 Å². The molecule has 40 heavy (non-hydrogen) atoms. The van der Waals surface area contributed by atoms with Crippen LogP contribution in [0.5, 0.6) is 0 Å². The Kier molecular flexibility index (Phi) is 9.82. The van der Waals surface area contributed by atoms with Crippen LogP contribution in [0.1, 0.15) is 58.4 Å². The van der Waals surface area contributed by atoms with Gasteiger partial charge in [0, 0.05) is 37.8 Å². The van der Waals surface area contributed by atoms with E-state index in [1.54, 1.807) is 20.8 Å². The third-order valence-electron chi connectivity index (χ3n) is 7.45. The van der Waals surface area contributed by atoms with E-state index in [9.17, 15) is 14.9 Å². The van der Waals surface area contributed by atoms with E-state index in [1.807, 2.05) is 35.1 Å². The Morgan fingerprint density at radius 1 is 1.10 bits per heavy atom. The first-order chi connectivity index (χ1) is 19.2. The van der Waals surface area contributed by atoms with E-state index >= 15 is 0 Å². The van der Waals surface area contributed by atoms with E-state index in [1.165, 1.54) is 0 Å². The monoisotopic (exact) mass is 550 g/mol. The standard InChI is InChI=1S/C30H42N6O4/c1-29(2,3)40-28(38)34-30(11-5-4-6-12-30)27(37)33-26(20-31)19-23-7-9-24(10-8-23)25-21-32-36(22-25)14-13-35-15-17-39-18-16-35/h7-10,21-22,26H,4-6,11-19H2,1-3H3,(H,33,37)(H,34,38). The lowest BCUT2D eigenvalue weighted by Crippen LogP contribution is -2.61. The van der Waals surface area contributed by atoms with Crippen LogP contribution < -0.4 is 10.6 Å². The molecular formula is C30H42N6O4. The van der Waals surface area contributed by atoms with Gasteiger partial charge in [-0.3, -0.25) is 14.4 Å². The first kappa shape index (κ1) is 29.6. The molecule has 10 nitrogen and oxygen atoms in total. The minimum atomic E-state index is -1.07. The van der Waals surface area contributed by atoms with Crippen molar-refractivity contribution in [3.63, 3.8) is 0 Å². The van der Waals surface area contributed by atoms with Crippen LogP contribution in [-0.2, 0) is 27.2 Å². The number of nitrogens with one attached hydrogen (secondary N) is 2. The Labute approximate surface area is 237 Å². The van der Waals surface area contributed by atoms with Gasteiger partial charge in [0.15, 0.2) is 0 Å². The van der Waals surface area contributed by atoms with Gasteiger partial charge in [0.05, 0.1) is 32.0 Å². The number of hydrogen-bond donors (Lipinski definition) is 2. The number of carbonyl (C=O) groups is 2. The molecule has 2 aromatic rings. The number of carbonyl (C=O) groups excluding carboxylic acids is 2. The lowest BCUT2D eigenvalue weighted by Gasteiger charge is -2.37. The molecule has 1 atom stereocenters. The van der Waals surface area contributed by atoms with Crippen molar-refractivity contribution >= 4 is 12.0 Å². The Hall–Kier alpha value is -3.42. The molecule has 0 radical (unpaired) electrons. The first-order valence-corrected chi connectivity index (χ1v) is 14.3. The Bertz CT molecular complexity index is 1170. The predicted octanol–water partition coefficient (Wildman–Crippen LogP) is 3.66. The molecule has 216 valence electrons. The summed E-state index contributed by atoms with van der Waals surface area (Å²) in [4.78, 5) is 28.4. The van der Waals surface area contributed by atoms with Crippen molar-refractivity contribution in [2.45, 2.75) is 83.0 Å². The van der Waals surface area contributed by atoms with Crippen LogP contribution in [0.4, 0.5) is 4.79 Å². The molecule has 2 N–H and O–H groups in total. The first-order valence-electron chi connectivity index (χ1n) is 14.3. The Balaban J connectivity index is 1.34. The molecule has 2 aliphatic rings. The largest absolute Gasteiger partial charge is 0.444 e. The van der Waals surface area contributed by atoms with Crippen LogP contribution in [0.15, 0.2) is 36.7 Å². The molecule has 2 fully saturated rings. The van der Waals surface area contributed by atoms with Crippen LogP contribution in [0.25, 0.3) is 11.1 Å². The van der Waals surface area contributed by atoms with Crippen LogP contribution >= 0.6 is 0 Å². The second-order valence-corrected chi connectivity index (χ2v) is 11.8. The summed E-state index contributed by atoms with van der Waals surface area (Å²) >= 11 is 0. The quantitative estimate of drug-likeness (QED) is 0.489. The van der Waals surface area contributed by atoms with E-state index in [2.05, 4.69) is 32.9 Å². The summed E-state index contributed by atoms with van der Waals surface area (Å²) in [6, 6.07) is 9.48. The van der Waals surface area contributed by atoms with Crippen LogP contribution in [0, 0.1) is 11.3 Å². The molecular weight excluding hydrogens is 508 g/mol. The number of nitrogens with zero attached hydrogens (tertiary/aromatic N) is 4. The summed E-state index contributed by atoms with van der Waals surface area (Å²) in [7, 11) is 0. The highest BCUT2D eigenvalue weighted by atomic mass is 16.6. The smallest absolute Gasteiger partial charge is 0.408 e. The van der Waals surface area contributed by atoms with Gasteiger partial charge in [0.25, 0.3) is 0 Å². The number of aromatic nitrogens is 2. The molecule has 1 saturated heterocycles. The molecule has 1 saturated carbocycles. The fraction of sp³-hybridized carbons (Fsp3) is 0.600. The second-order valence-electron chi connectivity index (χ2n) is 11.8. The van der Waals surface area contributed by atoms with Gasteiger partial charge in [0.1, 0.15) is 17.2 Å². The number of nitriles is 1. The van der Waals surface area contributed by atoms with E-state index in [4.69, 9.17) is 9.47 Å². The predicted molar refractivity (Wildman–Crippen MR) is 151 cm³/mol. The lowest BCUT2D eigenvalue weighted by atomic mass is 9.80. The zero-order chi connectivity index (χ0) is 28.6. The van der Waals surface area contributed by atoms with Crippen molar-refractivity contribution in [2.24, 2.45) is 0 Å². The van der Waals surface area contributed by atoms with Gasteiger partial charge in [-0.25, -0.2) is 4.79 Å². The Morgan fingerprint density at radius 3 is 2.45 bits per heavy atom. The van der Waals surface area contributed by atoms with Crippen molar-refractivity contribution in [2.75, 3.05) is 32.8 Å². The maximum Gasteiger partial charge on any atom is 0.408 e. The summed E-state index contributed by atoms with van der Waals surface area (Å²) in [5, 5.41) is 20.1. The van der Waals surface area contributed by atoms with E-state index in [0.717, 1.165) is 75.3 Å². The molecule has 1 aliphatic heterocycles. The third-order valence-corrected chi connectivity index (χ3v) is 7.45. The van der Waals surface area contributed by atoms with Crippen LogP contribution in [0.2, 0.25) is 0 Å². The van der Waals surface area contributed by atoms with Crippen LogP contribution in [-0.4, -0.2) is 76.7 Å². The third kappa shape index (κ3) is 8.29. The molecule has 0 bridgehead atoms. The summed E-state index contributed by atoms with van der Waals surface area (Å²) in [5.74, 6) is -0.328. The van der Waals surface area contributed by atoms with E-state index < -0.39 is 23.3 Å². The summed E-state index contributed by atoms with van der Waals surface area (Å²) < 4.78 is 12.8. The van der Waals surface area contributed by atoms with Gasteiger partial charge in [-0.15, -0.1) is 0 Å².